The van der Waals surface area contributed by atoms with Gasteiger partial charge in [0.2, 0.25) is 5.75 Å². The molecule has 3 heterocycles. The average molecular weight is 489 g/mol. The van der Waals surface area contributed by atoms with Crippen LogP contribution in [0.4, 0.5) is 5.69 Å². The van der Waals surface area contributed by atoms with Gasteiger partial charge in [-0.1, -0.05) is 0 Å². The van der Waals surface area contributed by atoms with E-state index < -0.39 is 11.7 Å². The van der Waals surface area contributed by atoms with E-state index in [2.05, 4.69) is 25.4 Å². The Hall–Kier alpha value is -4.87. The van der Waals surface area contributed by atoms with Crippen molar-refractivity contribution in [1.29, 1.82) is 5.41 Å². The second kappa shape index (κ2) is 9.78. The molecule has 0 fully saturated rings. The number of ether oxygens (including phenoxy) is 3. The topological polar surface area (TPSA) is 166 Å². The first-order valence-electron chi connectivity index (χ1n) is 11.2. The van der Waals surface area contributed by atoms with E-state index >= 15 is 0 Å². The number of fused-ring (bicyclic) bond motifs is 1. The summed E-state index contributed by atoms with van der Waals surface area (Å²) in [7, 11) is 1.56. The van der Waals surface area contributed by atoms with Gasteiger partial charge in [-0.25, -0.2) is 14.8 Å². The van der Waals surface area contributed by atoms with Crippen molar-refractivity contribution in [3.05, 3.63) is 82.3 Å². The first-order chi connectivity index (χ1) is 17.5. The lowest BCUT2D eigenvalue weighted by molar-refractivity contribution is 0.289. The molecule has 0 radical (unpaired) electrons. The van der Waals surface area contributed by atoms with Gasteiger partial charge < -0.3 is 25.3 Å². The number of nitrogens with one attached hydrogen (secondary N) is 3. The molecule has 1 aliphatic heterocycles. The molecule has 5 rings (SSSR count). The van der Waals surface area contributed by atoms with Gasteiger partial charge in [0.15, 0.2) is 17.3 Å². The van der Waals surface area contributed by atoms with E-state index in [1.54, 1.807) is 37.4 Å². The Morgan fingerprint density at radius 3 is 2.67 bits per heavy atom. The lowest BCUT2D eigenvalue weighted by Gasteiger charge is -2.21. The summed E-state index contributed by atoms with van der Waals surface area (Å²) in [6, 6.07) is 11.7. The van der Waals surface area contributed by atoms with Crippen LogP contribution in [0.15, 0.2) is 59.7 Å². The van der Waals surface area contributed by atoms with E-state index in [1.165, 1.54) is 12.4 Å². The van der Waals surface area contributed by atoms with Crippen LogP contribution in [0.3, 0.4) is 0 Å². The zero-order valence-electron chi connectivity index (χ0n) is 19.4. The summed E-state index contributed by atoms with van der Waals surface area (Å²) in [6.45, 7) is 1.02. The van der Waals surface area contributed by atoms with Gasteiger partial charge in [-0.2, -0.15) is 0 Å². The molecule has 12 heteroatoms. The largest absolute Gasteiger partial charge is 0.493 e. The summed E-state index contributed by atoms with van der Waals surface area (Å²) in [6.07, 6.45) is 3.81. The number of hydrogen-bond donors (Lipinski definition) is 4. The molecule has 4 aromatic rings. The number of anilines is 1. The van der Waals surface area contributed by atoms with Crippen LogP contribution in [0.25, 0.3) is 5.95 Å². The Labute approximate surface area is 205 Å². The minimum absolute atomic E-state index is 0.0309. The third kappa shape index (κ3) is 4.56. The number of amidine groups is 1. The maximum absolute atomic E-state index is 12.8. The van der Waals surface area contributed by atoms with Crippen molar-refractivity contribution in [2.45, 2.75) is 12.5 Å². The van der Waals surface area contributed by atoms with Crippen molar-refractivity contribution in [3.63, 3.8) is 0 Å². The number of rotatable bonds is 7. The summed E-state index contributed by atoms with van der Waals surface area (Å²) in [5, 5.41) is 15.5. The van der Waals surface area contributed by atoms with E-state index in [4.69, 9.17) is 25.4 Å². The average Bonchev–Trinajstić information content (AvgIpc) is 3.12. The first-order valence-corrected chi connectivity index (χ1v) is 11.2. The summed E-state index contributed by atoms with van der Waals surface area (Å²) in [4.78, 5) is 23.8. The number of nitrogens with zero attached hydrogens (tertiary/aromatic N) is 4. The number of methoxy groups -OCH3 is 1. The number of aromatic amines is 1. The normalized spacial score (nSPS) is 13.5. The number of aromatic nitrogens is 5. The van der Waals surface area contributed by atoms with Crippen LogP contribution in [0.5, 0.6) is 17.2 Å². The van der Waals surface area contributed by atoms with Gasteiger partial charge in [-0.3, -0.25) is 10.4 Å². The molecule has 0 saturated carbocycles. The maximum Gasteiger partial charge on any atom is 0.350 e. The SMILES string of the molecule is COc1cc(C(Nc2ccc(C(=N)N)cc2)c2nn(-c3ncccn3)c(=O)[nH]2)cc2c1OCCCO2. The van der Waals surface area contributed by atoms with Crippen LogP contribution < -0.4 is 31.0 Å². The molecular formula is C24H24N8O4. The molecule has 0 spiro atoms. The second-order valence-electron chi connectivity index (χ2n) is 7.95. The predicted octanol–water partition coefficient (Wildman–Crippen LogP) is 2.01. The molecule has 184 valence electrons. The van der Waals surface area contributed by atoms with Crippen LogP contribution in [0.1, 0.15) is 29.4 Å². The van der Waals surface area contributed by atoms with Gasteiger partial charge in [0.25, 0.3) is 5.95 Å². The zero-order valence-corrected chi connectivity index (χ0v) is 19.4. The Morgan fingerprint density at radius 1 is 1.19 bits per heavy atom. The number of nitrogens with two attached hydrogens (primary N) is 1. The van der Waals surface area contributed by atoms with Crippen molar-refractivity contribution in [3.8, 4) is 23.2 Å². The summed E-state index contributed by atoms with van der Waals surface area (Å²) < 4.78 is 18.5. The highest BCUT2D eigenvalue weighted by Gasteiger charge is 2.26. The predicted molar refractivity (Wildman–Crippen MR) is 131 cm³/mol. The number of H-pyrrole nitrogens is 1. The van der Waals surface area contributed by atoms with Gasteiger partial charge in [-0.15, -0.1) is 9.78 Å². The van der Waals surface area contributed by atoms with E-state index in [0.29, 0.717) is 53.1 Å². The Balaban J connectivity index is 1.61. The monoisotopic (exact) mass is 488 g/mol. The molecule has 0 saturated heterocycles. The van der Waals surface area contributed by atoms with Gasteiger partial charge in [0.05, 0.1) is 20.3 Å². The van der Waals surface area contributed by atoms with E-state index in [9.17, 15) is 4.79 Å². The van der Waals surface area contributed by atoms with Crippen molar-refractivity contribution in [2.24, 2.45) is 5.73 Å². The number of benzene rings is 2. The van der Waals surface area contributed by atoms with E-state index in [0.717, 1.165) is 11.1 Å². The molecule has 0 bridgehead atoms. The molecule has 0 aliphatic carbocycles. The van der Waals surface area contributed by atoms with Crippen LogP contribution in [-0.2, 0) is 0 Å². The smallest absolute Gasteiger partial charge is 0.350 e. The molecule has 2 aromatic heterocycles. The van der Waals surface area contributed by atoms with Gasteiger partial charge in [0, 0.05) is 30.1 Å². The first kappa shape index (κ1) is 22.9. The highest BCUT2D eigenvalue weighted by atomic mass is 16.5. The van der Waals surface area contributed by atoms with Gasteiger partial charge in [0.1, 0.15) is 11.9 Å². The van der Waals surface area contributed by atoms with E-state index in [-0.39, 0.29) is 11.8 Å². The molecular weight excluding hydrogens is 464 g/mol. The third-order valence-corrected chi connectivity index (χ3v) is 5.55. The Morgan fingerprint density at radius 2 is 1.94 bits per heavy atom. The summed E-state index contributed by atoms with van der Waals surface area (Å²) in [5.41, 5.74) is 7.11. The van der Waals surface area contributed by atoms with Crippen LogP contribution >= 0.6 is 0 Å². The fourth-order valence-corrected chi connectivity index (χ4v) is 3.81. The number of nitrogen functional groups attached to an aromatic ring is 1. The lowest BCUT2D eigenvalue weighted by atomic mass is 10.0. The molecule has 1 unspecified atom stereocenters. The quantitative estimate of drug-likeness (QED) is 0.225. The highest BCUT2D eigenvalue weighted by molar-refractivity contribution is 5.95. The van der Waals surface area contributed by atoms with Crippen molar-refractivity contribution in [1.82, 2.24) is 24.7 Å². The molecule has 5 N–H and O–H groups in total. The fourth-order valence-electron chi connectivity index (χ4n) is 3.81. The van der Waals surface area contributed by atoms with Crippen molar-refractivity contribution in [2.75, 3.05) is 25.6 Å². The zero-order chi connectivity index (χ0) is 25.1. The van der Waals surface area contributed by atoms with Crippen LogP contribution in [-0.4, -0.2) is 50.9 Å². The fraction of sp³-hybridized carbons (Fsp3) is 0.208. The number of hydrogen-bond acceptors (Lipinski definition) is 9. The van der Waals surface area contributed by atoms with Gasteiger partial charge >= 0.3 is 5.69 Å². The van der Waals surface area contributed by atoms with Crippen LogP contribution in [0.2, 0.25) is 0 Å². The molecule has 36 heavy (non-hydrogen) atoms. The second-order valence-corrected chi connectivity index (χ2v) is 7.95. The Kier molecular flexibility index (Phi) is 6.22. The van der Waals surface area contributed by atoms with Crippen molar-refractivity contribution < 1.29 is 14.2 Å². The Bertz CT molecular complexity index is 1430. The van der Waals surface area contributed by atoms with Crippen molar-refractivity contribution >= 4 is 11.5 Å². The lowest BCUT2D eigenvalue weighted by Crippen LogP contribution is -2.18. The van der Waals surface area contributed by atoms with E-state index in [1.807, 2.05) is 12.1 Å². The van der Waals surface area contributed by atoms with Crippen LogP contribution in [0, 0.1) is 5.41 Å². The summed E-state index contributed by atoms with van der Waals surface area (Å²) in [5.74, 6) is 1.99. The molecule has 2 aromatic carbocycles. The molecule has 0 amide bonds. The standard InChI is InChI=1S/C24H24N8O4/c1-34-17-12-15(13-18-20(17)36-11-3-10-35-18)19(29-16-6-4-14(5-7-16)21(25)26)22-30-24(33)32(31-22)23-27-8-2-9-28-23/h2,4-9,12-13,19,29H,3,10-11H2,1H3,(H3,25,26)(H,30,31,33). The maximum atomic E-state index is 12.8. The van der Waals surface area contributed by atoms with Gasteiger partial charge in [-0.05, 0) is 48.0 Å². The molecule has 12 nitrogen and oxygen atoms in total. The third-order valence-electron chi connectivity index (χ3n) is 5.55. The summed E-state index contributed by atoms with van der Waals surface area (Å²) >= 11 is 0. The molecule has 1 aliphatic rings. The minimum Gasteiger partial charge on any atom is -0.493 e. The molecule has 1 atom stereocenters. The minimum atomic E-state index is -0.628. The highest BCUT2D eigenvalue weighted by Crippen LogP contribution is 2.42.